The summed E-state index contributed by atoms with van der Waals surface area (Å²) < 4.78 is 2.07. The Balaban J connectivity index is 1.14. The Morgan fingerprint density at radius 2 is 1.82 bits per heavy atom. The second kappa shape index (κ2) is 12.5. The molecule has 0 saturated heterocycles. The van der Waals surface area contributed by atoms with Gasteiger partial charge in [-0.3, -0.25) is 0 Å². The van der Waals surface area contributed by atoms with Crippen LogP contribution in [-0.4, -0.2) is 46.4 Å². The summed E-state index contributed by atoms with van der Waals surface area (Å²) in [7, 11) is 4.16. The van der Waals surface area contributed by atoms with Crippen molar-refractivity contribution in [3.8, 4) is 5.69 Å². The summed E-state index contributed by atoms with van der Waals surface area (Å²) in [5.74, 6) is 2.62. The number of hydrogen-bond acceptors (Lipinski definition) is 6. The van der Waals surface area contributed by atoms with Gasteiger partial charge >= 0.3 is 0 Å². The standard InChI is InChI=1S/C30H42ClN7/c1-4-7-28-22(20-34-38(28)25-16-12-23(31)13-17-25)19-33-18-21-10-14-24(15-11-21)37(3)30-35-27-9-6-5-8-26(27)29(32-2)36-30/h12-13,16-17,20-21,24,33H,4-11,14-15,18-19H2,1-3H3,(H,32,35,36)/t21-,24+. The monoisotopic (exact) mass is 535 g/mol. The van der Waals surface area contributed by atoms with Crippen LogP contribution in [0.15, 0.2) is 30.5 Å². The molecular weight excluding hydrogens is 494 g/mol. The SMILES string of the molecule is CCCc1c(CNC[C@H]2CC[C@@H](N(C)c3nc4c(c(NC)n3)CCCC4)CC2)cnn1-c1ccc(Cl)cc1. The number of anilines is 2. The van der Waals surface area contributed by atoms with Crippen LogP contribution in [0.5, 0.6) is 0 Å². The van der Waals surface area contributed by atoms with Crippen LogP contribution >= 0.6 is 11.6 Å². The molecule has 0 radical (unpaired) electrons. The van der Waals surface area contributed by atoms with Gasteiger partial charge in [-0.2, -0.15) is 10.1 Å². The molecule has 2 heterocycles. The van der Waals surface area contributed by atoms with Gasteiger partial charge in [-0.05, 0) is 94.5 Å². The minimum absolute atomic E-state index is 0.506. The quantitative estimate of drug-likeness (QED) is 0.333. The van der Waals surface area contributed by atoms with E-state index < -0.39 is 0 Å². The Morgan fingerprint density at radius 3 is 2.55 bits per heavy atom. The topological polar surface area (TPSA) is 70.9 Å². The third kappa shape index (κ3) is 5.99. The van der Waals surface area contributed by atoms with Crippen molar-refractivity contribution in [2.24, 2.45) is 5.92 Å². The highest BCUT2D eigenvalue weighted by Gasteiger charge is 2.27. The molecule has 0 amide bonds. The summed E-state index contributed by atoms with van der Waals surface area (Å²) in [6.07, 6.45) is 13.6. The zero-order valence-electron chi connectivity index (χ0n) is 23.1. The second-order valence-corrected chi connectivity index (χ2v) is 11.4. The zero-order valence-corrected chi connectivity index (χ0v) is 23.9. The van der Waals surface area contributed by atoms with Gasteiger partial charge in [0.2, 0.25) is 5.95 Å². The first kappa shape index (κ1) is 26.9. The Bertz CT molecular complexity index is 1180. The van der Waals surface area contributed by atoms with Gasteiger partial charge in [-0.25, -0.2) is 9.67 Å². The van der Waals surface area contributed by atoms with E-state index in [-0.39, 0.29) is 0 Å². The van der Waals surface area contributed by atoms with E-state index in [1.54, 1.807) is 0 Å². The summed E-state index contributed by atoms with van der Waals surface area (Å²) in [4.78, 5) is 12.2. The van der Waals surface area contributed by atoms with Gasteiger partial charge in [0.05, 0.1) is 17.6 Å². The molecule has 0 unspecified atom stereocenters. The third-order valence-electron chi connectivity index (χ3n) is 8.35. The van der Waals surface area contributed by atoms with Gasteiger partial charge in [0, 0.05) is 48.5 Å². The highest BCUT2D eigenvalue weighted by Crippen LogP contribution is 2.31. The highest BCUT2D eigenvalue weighted by atomic mass is 35.5. The Morgan fingerprint density at radius 1 is 1.05 bits per heavy atom. The second-order valence-electron chi connectivity index (χ2n) is 10.9. The van der Waals surface area contributed by atoms with Gasteiger partial charge in [-0.1, -0.05) is 24.9 Å². The van der Waals surface area contributed by atoms with Crippen molar-refractivity contribution < 1.29 is 0 Å². The highest BCUT2D eigenvalue weighted by molar-refractivity contribution is 6.30. The molecule has 0 aliphatic heterocycles. The van der Waals surface area contributed by atoms with Crippen LogP contribution in [0.4, 0.5) is 11.8 Å². The van der Waals surface area contributed by atoms with Crippen LogP contribution in [0.3, 0.4) is 0 Å². The average Bonchev–Trinajstić information content (AvgIpc) is 3.35. The van der Waals surface area contributed by atoms with Crippen LogP contribution in [0, 0.1) is 5.92 Å². The molecule has 0 spiro atoms. The zero-order chi connectivity index (χ0) is 26.5. The first-order valence-electron chi connectivity index (χ1n) is 14.4. The molecule has 1 fully saturated rings. The summed E-state index contributed by atoms with van der Waals surface area (Å²) >= 11 is 6.09. The van der Waals surface area contributed by atoms with Gasteiger partial charge in [0.1, 0.15) is 5.82 Å². The molecule has 204 valence electrons. The molecule has 0 atom stereocenters. The molecule has 38 heavy (non-hydrogen) atoms. The molecule has 1 aromatic carbocycles. The number of benzene rings is 1. The molecule has 5 rings (SSSR count). The van der Waals surface area contributed by atoms with E-state index in [4.69, 9.17) is 26.7 Å². The number of fused-ring (bicyclic) bond motifs is 1. The lowest BCUT2D eigenvalue weighted by Gasteiger charge is -2.35. The number of aryl methyl sites for hydroxylation is 1. The van der Waals surface area contributed by atoms with E-state index in [2.05, 4.69) is 34.2 Å². The van der Waals surface area contributed by atoms with Crippen molar-refractivity contribution in [1.29, 1.82) is 0 Å². The van der Waals surface area contributed by atoms with Crippen molar-refractivity contribution in [3.05, 3.63) is 58.0 Å². The van der Waals surface area contributed by atoms with E-state index in [1.165, 1.54) is 61.0 Å². The predicted octanol–water partition coefficient (Wildman–Crippen LogP) is 5.97. The molecular formula is C30H42ClN7. The fraction of sp³-hybridized carbons (Fsp3) is 0.567. The minimum Gasteiger partial charge on any atom is -0.373 e. The summed E-state index contributed by atoms with van der Waals surface area (Å²) in [6, 6.07) is 8.44. The summed E-state index contributed by atoms with van der Waals surface area (Å²) in [5, 5.41) is 12.5. The number of hydrogen-bond donors (Lipinski definition) is 2. The van der Waals surface area contributed by atoms with E-state index in [0.29, 0.717) is 12.0 Å². The van der Waals surface area contributed by atoms with E-state index in [1.807, 2.05) is 37.5 Å². The molecule has 7 nitrogen and oxygen atoms in total. The molecule has 2 aliphatic carbocycles. The van der Waals surface area contributed by atoms with Crippen molar-refractivity contribution in [3.63, 3.8) is 0 Å². The van der Waals surface area contributed by atoms with Crippen LogP contribution in [0.25, 0.3) is 5.69 Å². The molecule has 3 aromatic rings. The molecule has 8 heteroatoms. The van der Waals surface area contributed by atoms with Crippen LogP contribution < -0.4 is 15.5 Å². The Hall–Kier alpha value is -2.64. The first-order chi connectivity index (χ1) is 18.6. The van der Waals surface area contributed by atoms with Crippen LogP contribution in [0.1, 0.15) is 74.4 Å². The maximum Gasteiger partial charge on any atom is 0.227 e. The normalized spacial score (nSPS) is 19.3. The predicted molar refractivity (Wildman–Crippen MR) is 157 cm³/mol. The number of rotatable bonds is 10. The number of nitrogens with one attached hydrogen (secondary N) is 2. The Kier molecular flexibility index (Phi) is 8.85. The van der Waals surface area contributed by atoms with Crippen LogP contribution in [0.2, 0.25) is 5.02 Å². The lowest BCUT2D eigenvalue weighted by molar-refractivity contribution is 0.307. The molecule has 1 saturated carbocycles. The van der Waals surface area contributed by atoms with E-state index in [0.717, 1.165) is 61.2 Å². The van der Waals surface area contributed by atoms with Gasteiger partial charge in [0.15, 0.2) is 0 Å². The third-order valence-corrected chi connectivity index (χ3v) is 8.60. The maximum absolute atomic E-state index is 6.09. The van der Waals surface area contributed by atoms with Gasteiger partial charge < -0.3 is 15.5 Å². The summed E-state index contributed by atoms with van der Waals surface area (Å²) in [5.41, 5.74) is 6.22. The van der Waals surface area contributed by atoms with Crippen LogP contribution in [-0.2, 0) is 25.8 Å². The molecule has 2 aromatic heterocycles. The lowest BCUT2D eigenvalue weighted by Crippen LogP contribution is -2.38. The van der Waals surface area contributed by atoms with Crippen molar-refractivity contribution in [1.82, 2.24) is 25.1 Å². The number of halogens is 1. The molecule has 2 N–H and O–H groups in total. The van der Waals surface area contributed by atoms with Crippen molar-refractivity contribution in [2.45, 2.75) is 83.7 Å². The van der Waals surface area contributed by atoms with Crippen molar-refractivity contribution in [2.75, 3.05) is 30.9 Å². The average molecular weight is 536 g/mol. The number of nitrogens with zero attached hydrogens (tertiary/aromatic N) is 5. The maximum atomic E-state index is 6.09. The first-order valence-corrected chi connectivity index (χ1v) is 14.8. The summed E-state index contributed by atoms with van der Waals surface area (Å²) in [6.45, 7) is 4.13. The Labute approximate surface area is 232 Å². The fourth-order valence-electron chi connectivity index (χ4n) is 6.12. The minimum atomic E-state index is 0.506. The largest absolute Gasteiger partial charge is 0.373 e. The molecule has 0 bridgehead atoms. The lowest BCUT2D eigenvalue weighted by atomic mass is 9.85. The smallest absolute Gasteiger partial charge is 0.227 e. The number of aromatic nitrogens is 4. The van der Waals surface area contributed by atoms with Gasteiger partial charge in [0.25, 0.3) is 0 Å². The van der Waals surface area contributed by atoms with Crippen molar-refractivity contribution >= 4 is 23.4 Å². The van der Waals surface area contributed by atoms with Gasteiger partial charge in [-0.15, -0.1) is 0 Å². The van der Waals surface area contributed by atoms with E-state index in [9.17, 15) is 0 Å². The fourth-order valence-corrected chi connectivity index (χ4v) is 6.25. The van der Waals surface area contributed by atoms with E-state index >= 15 is 0 Å². The molecule has 2 aliphatic rings.